The first-order valence-electron chi connectivity index (χ1n) is 7.85. The summed E-state index contributed by atoms with van der Waals surface area (Å²) in [6.07, 6.45) is 8.33. The molecule has 0 bridgehead atoms. The van der Waals surface area contributed by atoms with Crippen molar-refractivity contribution in [3.8, 4) is 0 Å². The van der Waals surface area contributed by atoms with Crippen LogP contribution in [0.25, 0.3) is 0 Å². The van der Waals surface area contributed by atoms with Crippen molar-refractivity contribution in [3.63, 3.8) is 0 Å². The summed E-state index contributed by atoms with van der Waals surface area (Å²) in [5, 5.41) is 8.67. The van der Waals surface area contributed by atoms with Gasteiger partial charge < -0.3 is 10.6 Å². The van der Waals surface area contributed by atoms with Crippen LogP contribution in [0, 0.1) is 0 Å². The molecule has 1 fully saturated rings. The van der Waals surface area contributed by atoms with E-state index in [1.807, 2.05) is 0 Å². The lowest BCUT2D eigenvalue weighted by Crippen LogP contribution is -2.42. The van der Waals surface area contributed by atoms with E-state index in [2.05, 4.69) is 35.1 Å². The van der Waals surface area contributed by atoms with Gasteiger partial charge in [-0.2, -0.15) is 0 Å². The smallest absolute Gasteiger partial charge is 0.234 e. The van der Waals surface area contributed by atoms with Gasteiger partial charge in [0.05, 0.1) is 6.54 Å². The van der Waals surface area contributed by atoms with Crippen LogP contribution in [0.4, 0.5) is 0 Å². The van der Waals surface area contributed by atoms with Crippen LogP contribution in [-0.2, 0) is 4.79 Å². The monoisotopic (exact) mass is 294 g/mol. The van der Waals surface area contributed by atoms with Crippen LogP contribution in [-0.4, -0.2) is 18.5 Å². The van der Waals surface area contributed by atoms with E-state index in [0.29, 0.717) is 18.6 Å². The SMILES string of the molecule is CCCC(NCC(=O)NC1CCCCC1)c1cccs1. The molecule has 1 unspecified atom stereocenters. The standard InChI is InChI=1S/C16H26N2OS/c1-2-7-14(15-10-6-11-20-15)17-12-16(19)18-13-8-4-3-5-9-13/h6,10-11,13-14,17H,2-5,7-9,12H2,1H3,(H,18,19). The highest BCUT2D eigenvalue weighted by atomic mass is 32.1. The zero-order valence-electron chi connectivity index (χ0n) is 12.4. The molecule has 0 aromatic carbocycles. The Kier molecular flexibility index (Phi) is 6.54. The highest BCUT2D eigenvalue weighted by molar-refractivity contribution is 7.10. The van der Waals surface area contributed by atoms with Crippen molar-refractivity contribution in [1.82, 2.24) is 10.6 Å². The Balaban J connectivity index is 1.75. The van der Waals surface area contributed by atoms with Gasteiger partial charge in [-0.05, 0) is 30.7 Å². The van der Waals surface area contributed by atoms with Gasteiger partial charge in [0.2, 0.25) is 5.91 Å². The molecule has 2 rings (SSSR count). The Hall–Kier alpha value is -0.870. The van der Waals surface area contributed by atoms with E-state index < -0.39 is 0 Å². The first-order chi connectivity index (χ1) is 9.79. The lowest BCUT2D eigenvalue weighted by atomic mass is 9.95. The minimum absolute atomic E-state index is 0.148. The van der Waals surface area contributed by atoms with Crippen LogP contribution in [0.2, 0.25) is 0 Å². The molecular formula is C16H26N2OS. The maximum absolute atomic E-state index is 12.0. The molecule has 1 saturated carbocycles. The molecule has 3 nitrogen and oxygen atoms in total. The van der Waals surface area contributed by atoms with E-state index in [0.717, 1.165) is 25.7 Å². The molecule has 1 aliphatic carbocycles. The number of nitrogens with one attached hydrogen (secondary N) is 2. The van der Waals surface area contributed by atoms with E-state index in [-0.39, 0.29) is 5.91 Å². The Morgan fingerprint density at radius 1 is 1.40 bits per heavy atom. The minimum atomic E-state index is 0.148. The van der Waals surface area contributed by atoms with E-state index in [9.17, 15) is 4.79 Å². The third-order valence-electron chi connectivity index (χ3n) is 3.94. The molecule has 1 aromatic rings. The molecule has 0 radical (unpaired) electrons. The second-order valence-corrected chi connectivity index (χ2v) is 6.62. The molecule has 4 heteroatoms. The highest BCUT2D eigenvalue weighted by Crippen LogP contribution is 2.23. The predicted octanol–water partition coefficient (Wildman–Crippen LogP) is 3.63. The van der Waals surface area contributed by atoms with Crippen LogP contribution in [0.3, 0.4) is 0 Å². The molecule has 1 aliphatic rings. The molecule has 112 valence electrons. The average molecular weight is 294 g/mol. The molecule has 1 heterocycles. The number of hydrogen-bond acceptors (Lipinski definition) is 3. The lowest BCUT2D eigenvalue weighted by molar-refractivity contribution is -0.121. The molecule has 1 atom stereocenters. The maximum atomic E-state index is 12.0. The van der Waals surface area contributed by atoms with Gasteiger partial charge in [-0.15, -0.1) is 11.3 Å². The minimum Gasteiger partial charge on any atom is -0.352 e. The van der Waals surface area contributed by atoms with Gasteiger partial charge in [0.1, 0.15) is 0 Å². The van der Waals surface area contributed by atoms with E-state index >= 15 is 0 Å². The summed E-state index contributed by atoms with van der Waals surface area (Å²) >= 11 is 1.76. The topological polar surface area (TPSA) is 41.1 Å². The van der Waals surface area contributed by atoms with Crippen molar-refractivity contribution in [2.75, 3.05) is 6.54 Å². The zero-order chi connectivity index (χ0) is 14.2. The Morgan fingerprint density at radius 3 is 2.85 bits per heavy atom. The van der Waals surface area contributed by atoms with Gasteiger partial charge in [0.25, 0.3) is 0 Å². The van der Waals surface area contributed by atoms with Crippen molar-refractivity contribution in [3.05, 3.63) is 22.4 Å². The fourth-order valence-electron chi connectivity index (χ4n) is 2.86. The average Bonchev–Trinajstić information content (AvgIpc) is 2.98. The van der Waals surface area contributed by atoms with Gasteiger partial charge in [-0.1, -0.05) is 38.7 Å². The summed E-state index contributed by atoms with van der Waals surface area (Å²) in [5.41, 5.74) is 0. The first kappa shape index (κ1) is 15.5. The molecule has 1 amide bonds. The van der Waals surface area contributed by atoms with Crippen molar-refractivity contribution in [2.45, 2.75) is 64.0 Å². The van der Waals surface area contributed by atoms with E-state index in [1.165, 1.54) is 24.1 Å². The van der Waals surface area contributed by atoms with Gasteiger partial charge in [0.15, 0.2) is 0 Å². The maximum Gasteiger partial charge on any atom is 0.234 e. The number of rotatable bonds is 7. The molecule has 0 spiro atoms. The Labute approximate surface area is 126 Å². The van der Waals surface area contributed by atoms with E-state index in [4.69, 9.17) is 0 Å². The van der Waals surface area contributed by atoms with Crippen molar-refractivity contribution < 1.29 is 4.79 Å². The lowest BCUT2D eigenvalue weighted by Gasteiger charge is -2.23. The second kappa shape index (κ2) is 8.42. The predicted molar refractivity (Wildman–Crippen MR) is 85.0 cm³/mol. The molecule has 1 aromatic heterocycles. The third-order valence-corrected chi connectivity index (χ3v) is 4.93. The number of carbonyl (C=O) groups is 1. The summed E-state index contributed by atoms with van der Waals surface area (Å²) in [6.45, 7) is 2.61. The van der Waals surface area contributed by atoms with Crippen molar-refractivity contribution >= 4 is 17.2 Å². The van der Waals surface area contributed by atoms with E-state index in [1.54, 1.807) is 11.3 Å². The first-order valence-corrected chi connectivity index (χ1v) is 8.73. The van der Waals surface area contributed by atoms with Gasteiger partial charge >= 0.3 is 0 Å². The van der Waals surface area contributed by atoms with Crippen LogP contribution in [0.15, 0.2) is 17.5 Å². The summed E-state index contributed by atoms with van der Waals surface area (Å²) in [4.78, 5) is 13.4. The van der Waals surface area contributed by atoms with Crippen LogP contribution >= 0.6 is 11.3 Å². The van der Waals surface area contributed by atoms with Crippen LogP contribution in [0.1, 0.15) is 62.8 Å². The molecule has 0 saturated heterocycles. The van der Waals surface area contributed by atoms with Crippen LogP contribution in [0.5, 0.6) is 0 Å². The third kappa shape index (κ3) is 4.91. The van der Waals surface area contributed by atoms with Gasteiger partial charge in [-0.3, -0.25) is 4.79 Å². The number of thiophene rings is 1. The Morgan fingerprint density at radius 2 is 2.20 bits per heavy atom. The summed E-state index contributed by atoms with van der Waals surface area (Å²) < 4.78 is 0. The van der Waals surface area contributed by atoms with Crippen LogP contribution < -0.4 is 10.6 Å². The fraction of sp³-hybridized carbons (Fsp3) is 0.688. The largest absolute Gasteiger partial charge is 0.352 e. The quantitative estimate of drug-likeness (QED) is 0.806. The normalized spacial score (nSPS) is 17.9. The zero-order valence-corrected chi connectivity index (χ0v) is 13.2. The summed E-state index contributed by atoms with van der Waals surface area (Å²) in [6, 6.07) is 4.95. The second-order valence-electron chi connectivity index (χ2n) is 5.64. The van der Waals surface area contributed by atoms with Crippen molar-refractivity contribution in [2.24, 2.45) is 0 Å². The summed E-state index contributed by atoms with van der Waals surface area (Å²) in [5.74, 6) is 0.148. The molecule has 2 N–H and O–H groups in total. The molecule has 20 heavy (non-hydrogen) atoms. The van der Waals surface area contributed by atoms with Gasteiger partial charge in [-0.25, -0.2) is 0 Å². The summed E-state index contributed by atoms with van der Waals surface area (Å²) in [7, 11) is 0. The Bertz CT molecular complexity index is 385. The fourth-order valence-corrected chi connectivity index (χ4v) is 3.70. The highest BCUT2D eigenvalue weighted by Gasteiger charge is 2.17. The molecule has 0 aliphatic heterocycles. The number of amides is 1. The number of hydrogen-bond donors (Lipinski definition) is 2. The number of carbonyl (C=O) groups excluding carboxylic acids is 1. The van der Waals surface area contributed by atoms with Gasteiger partial charge in [0, 0.05) is 17.0 Å². The van der Waals surface area contributed by atoms with Crippen molar-refractivity contribution in [1.29, 1.82) is 0 Å². The molecular weight excluding hydrogens is 268 g/mol.